The van der Waals surface area contributed by atoms with Crippen molar-refractivity contribution < 1.29 is 9.18 Å². The average Bonchev–Trinajstić information content (AvgIpc) is 3.13. The molecule has 110 valence electrons. The average molecular weight is 306 g/mol. The Morgan fingerprint density at radius 3 is 2.95 bits per heavy atom. The quantitative estimate of drug-likeness (QED) is 0.941. The number of benzene rings is 1. The monoisotopic (exact) mass is 306 g/mol. The summed E-state index contributed by atoms with van der Waals surface area (Å²) >= 11 is 1.16. The summed E-state index contributed by atoms with van der Waals surface area (Å²) in [4.78, 5) is 14.4. The maximum absolute atomic E-state index is 12.9. The number of hydrogen-bond acceptors (Lipinski definition) is 5. The van der Waals surface area contributed by atoms with Crippen LogP contribution in [-0.2, 0) is 11.3 Å². The molecule has 1 fully saturated rings. The van der Waals surface area contributed by atoms with Crippen molar-refractivity contribution in [3.8, 4) is 0 Å². The van der Waals surface area contributed by atoms with Crippen molar-refractivity contribution >= 4 is 22.4 Å². The van der Waals surface area contributed by atoms with E-state index in [-0.39, 0.29) is 17.8 Å². The molecule has 0 saturated carbocycles. The number of amides is 1. The Balaban J connectivity index is 1.64. The second-order valence-electron chi connectivity index (χ2n) is 5.03. The summed E-state index contributed by atoms with van der Waals surface area (Å²) in [7, 11) is 0. The van der Waals surface area contributed by atoms with Gasteiger partial charge in [-0.05, 0) is 37.1 Å². The highest BCUT2D eigenvalue weighted by Crippen LogP contribution is 2.22. The van der Waals surface area contributed by atoms with E-state index in [1.165, 1.54) is 12.1 Å². The third-order valence-electron chi connectivity index (χ3n) is 3.57. The van der Waals surface area contributed by atoms with Crippen LogP contribution in [0.4, 0.5) is 9.39 Å². The lowest BCUT2D eigenvalue weighted by atomic mass is 10.1. The molecule has 1 aromatic heterocycles. The Labute approximate surface area is 125 Å². The largest absolute Gasteiger partial charge is 0.314 e. The highest BCUT2D eigenvalue weighted by molar-refractivity contribution is 7.10. The first-order valence-corrected chi connectivity index (χ1v) is 7.56. The molecule has 2 heterocycles. The fourth-order valence-corrected chi connectivity index (χ4v) is 2.99. The molecule has 1 saturated heterocycles. The molecule has 1 aliphatic heterocycles. The molecular weight excluding hydrogens is 291 g/mol. The Hall–Kier alpha value is -1.86. The van der Waals surface area contributed by atoms with Gasteiger partial charge < -0.3 is 5.32 Å². The van der Waals surface area contributed by atoms with E-state index in [9.17, 15) is 9.18 Å². The molecule has 2 aromatic rings. The summed E-state index contributed by atoms with van der Waals surface area (Å²) in [6.45, 7) is 1.52. The zero-order valence-electron chi connectivity index (χ0n) is 11.3. The molecule has 1 N–H and O–H groups in total. The minimum Gasteiger partial charge on any atom is -0.314 e. The number of rotatable bonds is 4. The minimum atomic E-state index is -0.243. The number of likely N-dealkylation sites (tertiary alicyclic amines) is 1. The van der Waals surface area contributed by atoms with Crippen molar-refractivity contribution in [1.82, 2.24) is 14.5 Å². The third-order valence-corrected chi connectivity index (χ3v) is 4.15. The van der Waals surface area contributed by atoms with Crippen LogP contribution in [-0.4, -0.2) is 33.0 Å². The van der Waals surface area contributed by atoms with Crippen molar-refractivity contribution in [3.05, 3.63) is 41.8 Å². The van der Waals surface area contributed by atoms with Crippen molar-refractivity contribution in [1.29, 1.82) is 0 Å². The lowest BCUT2D eigenvalue weighted by Gasteiger charge is -2.23. The van der Waals surface area contributed by atoms with E-state index < -0.39 is 0 Å². The number of carbonyl (C=O) groups excluding carboxylic acids is 1. The molecule has 1 aliphatic rings. The van der Waals surface area contributed by atoms with E-state index in [2.05, 4.69) is 19.8 Å². The second kappa shape index (κ2) is 6.28. The summed E-state index contributed by atoms with van der Waals surface area (Å²) in [5, 5.41) is 7.20. The van der Waals surface area contributed by atoms with Crippen molar-refractivity contribution in [2.45, 2.75) is 25.4 Å². The van der Waals surface area contributed by atoms with Crippen LogP contribution in [0.1, 0.15) is 18.4 Å². The van der Waals surface area contributed by atoms with Gasteiger partial charge in [-0.1, -0.05) is 16.6 Å². The zero-order valence-corrected chi connectivity index (χ0v) is 12.1. The number of anilines is 1. The smallest absolute Gasteiger partial charge is 0.242 e. The number of nitrogens with zero attached hydrogens (tertiary/aromatic N) is 3. The topological polar surface area (TPSA) is 58.1 Å². The Kier molecular flexibility index (Phi) is 4.21. The maximum Gasteiger partial charge on any atom is 0.242 e. The summed E-state index contributed by atoms with van der Waals surface area (Å²) in [6.07, 6.45) is 3.36. The highest BCUT2D eigenvalue weighted by atomic mass is 32.1. The van der Waals surface area contributed by atoms with Gasteiger partial charge in [0.1, 0.15) is 10.8 Å². The van der Waals surface area contributed by atoms with Crippen LogP contribution >= 0.6 is 11.5 Å². The van der Waals surface area contributed by atoms with Gasteiger partial charge in [0.2, 0.25) is 5.91 Å². The van der Waals surface area contributed by atoms with Gasteiger partial charge in [0.05, 0.1) is 12.2 Å². The zero-order chi connectivity index (χ0) is 14.7. The fourth-order valence-electron chi connectivity index (χ4n) is 2.56. The molecule has 5 nitrogen and oxygen atoms in total. The van der Waals surface area contributed by atoms with Crippen LogP contribution in [0.3, 0.4) is 0 Å². The lowest BCUT2D eigenvalue weighted by Crippen LogP contribution is -2.39. The second-order valence-corrected chi connectivity index (χ2v) is 5.81. The van der Waals surface area contributed by atoms with E-state index in [0.29, 0.717) is 11.5 Å². The molecule has 21 heavy (non-hydrogen) atoms. The minimum absolute atomic E-state index is 0.0272. The van der Waals surface area contributed by atoms with Crippen LogP contribution in [0, 0.1) is 5.82 Å². The van der Waals surface area contributed by atoms with Gasteiger partial charge in [-0.3, -0.25) is 9.69 Å². The summed E-state index contributed by atoms with van der Waals surface area (Å²) in [5.41, 5.74) is 1.01. The first-order chi connectivity index (χ1) is 10.2. The molecule has 0 spiro atoms. The maximum atomic E-state index is 12.9. The Morgan fingerprint density at radius 1 is 1.43 bits per heavy atom. The van der Waals surface area contributed by atoms with Gasteiger partial charge in [0.25, 0.3) is 0 Å². The highest BCUT2D eigenvalue weighted by Gasteiger charge is 2.30. The van der Waals surface area contributed by atoms with E-state index in [0.717, 1.165) is 36.5 Å². The van der Waals surface area contributed by atoms with Gasteiger partial charge >= 0.3 is 0 Å². The van der Waals surface area contributed by atoms with Gasteiger partial charge in [-0.15, -0.1) is 5.10 Å². The van der Waals surface area contributed by atoms with Crippen LogP contribution in [0.2, 0.25) is 0 Å². The number of hydrogen-bond donors (Lipinski definition) is 1. The van der Waals surface area contributed by atoms with Crippen LogP contribution in [0.15, 0.2) is 30.5 Å². The molecule has 3 rings (SSSR count). The number of aromatic nitrogens is 2. The normalized spacial score (nSPS) is 18.8. The fraction of sp³-hybridized carbons (Fsp3) is 0.357. The molecule has 1 atom stereocenters. The molecule has 0 aliphatic carbocycles. The molecule has 1 unspecified atom stereocenters. The number of carbonyl (C=O) groups is 1. The van der Waals surface area contributed by atoms with E-state index in [4.69, 9.17) is 0 Å². The molecular formula is C14H15FN4OS. The molecule has 7 heteroatoms. The lowest BCUT2D eigenvalue weighted by molar-refractivity contribution is -0.120. The van der Waals surface area contributed by atoms with Gasteiger partial charge in [-0.25, -0.2) is 4.39 Å². The Bertz CT molecular complexity index is 602. The van der Waals surface area contributed by atoms with Crippen LogP contribution in [0.25, 0.3) is 0 Å². The van der Waals surface area contributed by atoms with Crippen molar-refractivity contribution in [2.24, 2.45) is 0 Å². The standard InChI is InChI=1S/C14H15FN4OS/c15-11-5-3-10(4-6-11)9-19-7-1-2-12(19)14(20)17-13-8-16-18-21-13/h3-6,8,12H,1-2,7,9H2,(H,17,20). The number of nitrogens with one attached hydrogen (secondary N) is 1. The van der Waals surface area contributed by atoms with E-state index in [1.807, 2.05) is 0 Å². The first-order valence-electron chi connectivity index (χ1n) is 6.79. The van der Waals surface area contributed by atoms with E-state index >= 15 is 0 Å². The summed E-state index contributed by atoms with van der Waals surface area (Å²) in [6, 6.07) is 6.26. The molecule has 0 bridgehead atoms. The van der Waals surface area contributed by atoms with Crippen molar-refractivity contribution in [2.75, 3.05) is 11.9 Å². The van der Waals surface area contributed by atoms with Crippen LogP contribution in [0.5, 0.6) is 0 Å². The molecule has 0 radical (unpaired) electrons. The van der Waals surface area contributed by atoms with Gasteiger partial charge in [0.15, 0.2) is 0 Å². The predicted octanol–water partition coefficient (Wildman–Crippen LogP) is 2.28. The summed E-state index contributed by atoms with van der Waals surface area (Å²) < 4.78 is 16.7. The van der Waals surface area contributed by atoms with Crippen molar-refractivity contribution in [3.63, 3.8) is 0 Å². The SMILES string of the molecule is O=C(Nc1cnns1)C1CCCN1Cc1ccc(F)cc1. The van der Waals surface area contributed by atoms with E-state index in [1.54, 1.807) is 18.3 Å². The third kappa shape index (κ3) is 3.43. The Morgan fingerprint density at radius 2 is 2.24 bits per heavy atom. The van der Waals surface area contributed by atoms with Gasteiger partial charge in [-0.2, -0.15) is 0 Å². The molecule has 1 amide bonds. The predicted molar refractivity (Wildman–Crippen MR) is 78.4 cm³/mol. The molecule has 1 aromatic carbocycles. The van der Waals surface area contributed by atoms with Gasteiger partial charge in [0, 0.05) is 18.1 Å². The number of halogens is 1. The summed E-state index contributed by atoms with van der Waals surface area (Å²) in [5.74, 6) is -0.271. The first kappa shape index (κ1) is 14.1. The van der Waals surface area contributed by atoms with Crippen LogP contribution < -0.4 is 5.32 Å².